The topological polar surface area (TPSA) is 46.5 Å². The second-order valence-electron chi connectivity index (χ2n) is 2.67. The molecule has 0 bridgehead atoms. The lowest BCUT2D eigenvalue weighted by atomic mass is 10.0. The largest absolute Gasteiger partial charge is 0.456 e. The quantitative estimate of drug-likeness (QED) is 0.376. The van der Waals surface area contributed by atoms with E-state index in [0.717, 1.165) is 6.42 Å². The van der Waals surface area contributed by atoms with Crippen LogP contribution in [0.1, 0.15) is 6.42 Å². The van der Waals surface area contributed by atoms with Crippen molar-refractivity contribution in [3.8, 4) is 0 Å². The molecule has 1 heterocycles. The summed E-state index contributed by atoms with van der Waals surface area (Å²) >= 11 is 0. The molecule has 0 aromatic carbocycles. The molecule has 0 aromatic rings. The van der Waals surface area contributed by atoms with Crippen LogP contribution in [0.4, 0.5) is 0 Å². The van der Waals surface area contributed by atoms with Gasteiger partial charge in [0.2, 0.25) is 0 Å². The highest BCUT2D eigenvalue weighted by Crippen LogP contribution is 2.31. The molecule has 0 aromatic heterocycles. The molecule has 3 nitrogen and oxygen atoms in total. The van der Waals surface area contributed by atoms with Crippen molar-refractivity contribution in [2.75, 3.05) is 0 Å². The highest BCUT2D eigenvalue weighted by atomic mass is 16.6. The van der Waals surface area contributed by atoms with Crippen LogP contribution in [-0.4, -0.2) is 23.3 Å². The fraction of sp³-hybridized carbons (Fsp3) is 0.571. The van der Waals surface area contributed by atoms with Gasteiger partial charge >= 0.3 is 5.97 Å². The van der Waals surface area contributed by atoms with E-state index in [1.54, 1.807) is 0 Å². The molecule has 1 aliphatic carbocycles. The van der Waals surface area contributed by atoms with Gasteiger partial charge in [0.1, 0.15) is 6.10 Å². The summed E-state index contributed by atoms with van der Waals surface area (Å²) in [5.41, 5.74) is 0. The number of hydrogen-bond acceptors (Lipinski definition) is 3. The summed E-state index contributed by atoms with van der Waals surface area (Å²) < 4.78 is 4.82. The van der Waals surface area contributed by atoms with Gasteiger partial charge in [0.25, 0.3) is 0 Å². The third kappa shape index (κ3) is 0.609. The van der Waals surface area contributed by atoms with Gasteiger partial charge in [-0.2, -0.15) is 0 Å². The van der Waals surface area contributed by atoms with Gasteiger partial charge in [0.15, 0.2) is 6.10 Å². The van der Waals surface area contributed by atoms with Gasteiger partial charge in [-0.05, 0) is 12.5 Å². The monoisotopic (exact) mass is 140 g/mol. The van der Waals surface area contributed by atoms with Crippen molar-refractivity contribution in [1.29, 1.82) is 0 Å². The van der Waals surface area contributed by atoms with Crippen molar-refractivity contribution in [2.45, 2.75) is 18.6 Å². The second-order valence-corrected chi connectivity index (χ2v) is 2.67. The maximum absolute atomic E-state index is 10.7. The van der Waals surface area contributed by atoms with E-state index >= 15 is 0 Å². The Kier molecular flexibility index (Phi) is 1.08. The van der Waals surface area contributed by atoms with Gasteiger partial charge in [0, 0.05) is 5.92 Å². The zero-order valence-corrected chi connectivity index (χ0v) is 5.36. The first-order chi connectivity index (χ1) is 4.79. The molecule has 0 saturated carbocycles. The fourth-order valence-electron chi connectivity index (χ4n) is 1.46. The molecule has 2 rings (SSSR count). The van der Waals surface area contributed by atoms with E-state index in [1.807, 2.05) is 12.2 Å². The van der Waals surface area contributed by atoms with E-state index < -0.39 is 12.1 Å². The van der Waals surface area contributed by atoms with Crippen LogP contribution in [0.15, 0.2) is 12.2 Å². The molecule has 1 fully saturated rings. The molecule has 0 unspecified atom stereocenters. The zero-order valence-electron chi connectivity index (χ0n) is 5.36. The molecule has 2 aliphatic rings. The van der Waals surface area contributed by atoms with Crippen molar-refractivity contribution >= 4 is 5.97 Å². The Hall–Kier alpha value is -0.830. The molecule has 0 radical (unpaired) electrons. The van der Waals surface area contributed by atoms with E-state index in [2.05, 4.69) is 0 Å². The predicted molar refractivity (Wildman–Crippen MR) is 33.1 cm³/mol. The first kappa shape index (κ1) is 5.92. The Bertz CT molecular complexity index is 197. The van der Waals surface area contributed by atoms with E-state index in [-0.39, 0.29) is 12.0 Å². The second kappa shape index (κ2) is 1.83. The summed E-state index contributed by atoms with van der Waals surface area (Å²) in [7, 11) is 0. The van der Waals surface area contributed by atoms with Crippen LogP contribution < -0.4 is 0 Å². The Labute approximate surface area is 58.3 Å². The number of hydrogen-bond donors (Lipinski definition) is 1. The van der Waals surface area contributed by atoms with Crippen LogP contribution in [0.3, 0.4) is 0 Å². The summed E-state index contributed by atoms with van der Waals surface area (Å²) in [6.07, 6.45) is 3.49. The van der Waals surface area contributed by atoms with Crippen LogP contribution in [0.25, 0.3) is 0 Å². The summed E-state index contributed by atoms with van der Waals surface area (Å²) in [6, 6.07) is 0. The number of aliphatic hydroxyl groups is 1. The molecule has 3 atom stereocenters. The van der Waals surface area contributed by atoms with Crippen LogP contribution >= 0.6 is 0 Å². The third-order valence-corrected chi connectivity index (χ3v) is 2.06. The average Bonchev–Trinajstić information content (AvgIpc) is 2.41. The Balaban J connectivity index is 2.22. The maximum atomic E-state index is 10.7. The number of aliphatic hydroxyl groups excluding tert-OH is 1. The minimum Gasteiger partial charge on any atom is -0.456 e. The zero-order chi connectivity index (χ0) is 7.14. The highest BCUT2D eigenvalue weighted by Gasteiger charge is 2.43. The Morgan fingerprint density at radius 1 is 1.70 bits per heavy atom. The van der Waals surface area contributed by atoms with Crippen molar-refractivity contribution in [3.63, 3.8) is 0 Å². The number of allylic oxidation sites excluding steroid dienone is 1. The lowest BCUT2D eigenvalue weighted by Gasteiger charge is -2.05. The molecule has 3 heteroatoms. The predicted octanol–water partition coefficient (Wildman–Crippen LogP) is -0.151. The van der Waals surface area contributed by atoms with Crippen LogP contribution in [-0.2, 0) is 9.53 Å². The smallest absolute Gasteiger partial charge is 0.336 e. The lowest BCUT2D eigenvalue weighted by molar-refractivity contribution is -0.146. The molecular formula is C7H8O3. The molecule has 54 valence electrons. The van der Waals surface area contributed by atoms with Gasteiger partial charge in [-0.25, -0.2) is 4.79 Å². The minimum absolute atomic E-state index is 0.00694. The first-order valence-corrected chi connectivity index (χ1v) is 3.34. The van der Waals surface area contributed by atoms with Gasteiger partial charge < -0.3 is 9.84 Å². The van der Waals surface area contributed by atoms with Crippen molar-refractivity contribution < 1.29 is 14.6 Å². The van der Waals surface area contributed by atoms with Crippen molar-refractivity contribution in [2.24, 2.45) is 5.92 Å². The molecular weight excluding hydrogens is 132 g/mol. The SMILES string of the molecule is O=C1O[C@@H]2C=CC[C@H]2[C@@H]1O. The summed E-state index contributed by atoms with van der Waals surface area (Å²) in [4.78, 5) is 10.7. The minimum atomic E-state index is -0.889. The molecule has 10 heavy (non-hydrogen) atoms. The number of esters is 1. The van der Waals surface area contributed by atoms with Crippen LogP contribution in [0.2, 0.25) is 0 Å². The van der Waals surface area contributed by atoms with Crippen LogP contribution in [0, 0.1) is 5.92 Å². The number of carbonyl (C=O) groups excluding carboxylic acids is 1. The van der Waals surface area contributed by atoms with Gasteiger partial charge in [-0.1, -0.05) is 6.08 Å². The lowest BCUT2D eigenvalue weighted by Crippen LogP contribution is -2.21. The van der Waals surface area contributed by atoms with Crippen molar-refractivity contribution in [3.05, 3.63) is 12.2 Å². The molecule has 1 saturated heterocycles. The number of fused-ring (bicyclic) bond motifs is 1. The number of rotatable bonds is 0. The molecule has 0 spiro atoms. The average molecular weight is 140 g/mol. The molecule has 1 N–H and O–H groups in total. The standard InChI is InChI=1S/C7H8O3/c8-6-4-2-1-3-5(4)10-7(6)9/h1,3-6,8H,2H2/t4-,5-,6+/m1/s1. The Morgan fingerprint density at radius 3 is 3.20 bits per heavy atom. The van der Waals surface area contributed by atoms with E-state index in [0.29, 0.717) is 0 Å². The van der Waals surface area contributed by atoms with Gasteiger partial charge in [0.05, 0.1) is 0 Å². The van der Waals surface area contributed by atoms with E-state index in [4.69, 9.17) is 9.84 Å². The molecule has 1 aliphatic heterocycles. The van der Waals surface area contributed by atoms with E-state index in [1.165, 1.54) is 0 Å². The summed E-state index contributed by atoms with van der Waals surface area (Å²) in [6.45, 7) is 0. The van der Waals surface area contributed by atoms with E-state index in [9.17, 15) is 4.79 Å². The summed E-state index contributed by atoms with van der Waals surface area (Å²) in [5, 5.41) is 9.15. The van der Waals surface area contributed by atoms with Crippen LogP contribution in [0.5, 0.6) is 0 Å². The molecule has 0 amide bonds. The Morgan fingerprint density at radius 2 is 2.50 bits per heavy atom. The van der Waals surface area contributed by atoms with Crippen molar-refractivity contribution in [1.82, 2.24) is 0 Å². The van der Waals surface area contributed by atoms with Gasteiger partial charge in [-0.15, -0.1) is 0 Å². The first-order valence-electron chi connectivity index (χ1n) is 3.34. The number of carbonyl (C=O) groups is 1. The highest BCUT2D eigenvalue weighted by molar-refractivity contribution is 5.77. The normalized spacial score (nSPS) is 43.7. The number of ether oxygens (including phenoxy) is 1. The summed E-state index contributed by atoms with van der Waals surface area (Å²) in [5.74, 6) is -0.480. The fourth-order valence-corrected chi connectivity index (χ4v) is 1.46. The maximum Gasteiger partial charge on any atom is 0.336 e. The third-order valence-electron chi connectivity index (χ3n) is 2.06. The van der Waals surface area contributed by atoms with Gasteiger partial charge in [-0.3, -0.25) is 0 Å².